The fourth-order valence-corrected chi connectivity index (χ4v) is 4.91. The summed E-state index contributed by atoms with van der Waals surface area (Å²) in [5.74, 6) is -0.179. The van der Waals surface area contributed by atoms with Crippen molar-refractivity contribution in [2.24, 2.45) is 10.2 Å². The average molecular weight is 551 g/mol. The molecule has 4 aromatic carbocycles. The van der Waals surface area contributed by atoms with E-state index in [0.717, 1.165) is 34.8 Å². The number of fused-ring (bicyclic) bond motifs is 2. The van der Waals surface area contributed by atoms with Crippen LogP contribution in [0.1, 0.15) is 11.4 Å². The van der Waals surface area contributed by atoms with Crippen molar-refractivity contribution in [1.82, 2.24) is 9.97 Å². The molecule has 0 amide bonds. The molecule has 13 heteroatoms. The molecule has 5 rings (SSSR count). The van der Waals surface area contributed by atoms with Gasteiger partial charge in [-0.3, -0.25) is 9.11 Å². The number of phenolic OH excluding ortho intramolecular Hbond substituents is 1. The first-order valence-corrected chi connectivity index (χ1v) is 13.8. The number of azo groups is 1. The molecule has 0 radical (unpaired) electrons. The Balaban J connectivity index is 1.47. The van der Waals surface area contributed by atoms with Crippen molar-refractivity contribution in [3.05, 3.63) is 84.2 Å². The standard InChI is InChI=1S/C25H18N4O7S2/c30-25-22(38(34,35)36)14-16-13-18(37(31,32)33)10-11-19(16)24(25)29-28-17-8-5-15(6-9-17)7-12-23-26-20-3-1-2-4-21(20)27-23/h1-14,30H,(H,26,27)(H,31,32,33)(H,34,35,36)/b12-7+,29-28?. The molecule has 0 aliphatic heterocycles. The summed E-state index contributed by atoms with van der Waals surface area (Å²) < 4.78 is 65.5. The van der Waals surface area contributed by atoms with Crippen LogP contribution < -0.4 is 0 Å². The molecule has 5 aromatic rings. The first-order chi connectivity index (χ1) is 18.0. The van der Waals surface area contributed by atoms with Crippen LogP contribution in [0.3, 0.4) is 0 Å². The number of aromatic amines is 1. The van der Waals surface area contributed by atoms with Gasteiger partial charge in [-0.2, -0.15) is 21.9 Å². The number of nitrogens with one attached hydrogen (secondary N) is 1. The Morgan fingerprint density at radius 2 is 1.55 bits per heavy atom. The molecule has 192 valence electrons. The van der Waals surface area contributed by atoms with Gasteiger partial charge in [0.05, 0.1) is 21.6 Å². The predicted molar refractivity (Wildman–Crippen MR) is 141 cm³/mol. The van der Waals surface area contributed by atoms with Gasteiger partial charge in [0.15, 0.2) is 5.75 Å². The van der Waals surface area contributed by atoms with Gasteiger partial charge in [0, 0.05) is 5.39 Å². The van der Waals surface area contributed by atoms with Crippen LogP contribution in [0, 0.1) is 0 Å². The minimum absolute atomic E-state index is 0.0226. The highest BCUT2D eigenvalue weighted by molar-refractivity contribution is 7.86. The molecule has 1 aromatic heterocycles. The van der Waals surface area contributed by atoms with E-state index in [9.17, 15) is 31.0 Å². The van der Waals surface area contributed by atoms with Crippen LogP contribution in [0.5, 0.6) is 5.75 Å². The SMILES string of the molecule is O=S(=O)(O)c1ccc2c(N=Nc3ccc(/C=C/c4nc5ccccc5[nH]4)cc3)c(O)c(S(=O)(=O)O)cc2c1. The molecule has 0 bridgehead atoms. The fraction of sp³-hybridized carbons (Fsp3) is 0. The van der Waals surface area contributed by atoms with Gasteiger partial charge in [0.1, 0.15) is 16.4 Å². The number of imidazole rings is 1. The summed E-state index contributed by atoms with van der Waals surface area (Å²) in [4.78, 5) is 6.28. The van der Waals surface area contributed by atoms with Crippen LogP contribution in [0.4, 0.5) is 11.4 Å². The van der Waals surface area contributed by atoms with Crippen molar-refractivity contribution in [3.8, 4) is 5.75 Å². The van der Waals surface area contributed by atoms with E-state index >= 15 is 0 Å². The second-order valence-electron chi connectivity index (χ2n) is 8.17. The van der Waals surface area contributed by atoms with Crippen LogP contribution in [0.2, 0.25) is 0 Å². The van der Waals surface area contributed by atoms with Crippen molar-refractivity contribution in [1.29, 1.82) is 0 Å². The zero-order chi connectivity index (χ0) is 27.1. The summed E-state index contributed by atoms with van der Waals surface area (Å²) in [5, 5.41) is 18.7. The monoisotopic (exact) mass is 550 g/mol. The molecule has 0 spiro atoms. The second kappa shape index (κ2) is 9.46. The molecule has 1 heterocycles. The maximum Gasteiger partial charge on any atom is 0.298 e. The largest absolute Gasteiger partial charge is 0.504 e. The number of hydrogen-bond acceptors (Lipinski definition) is 8. The lowest BCUT2D eigenvalue weighted by molar-refractivity contribution is 0.445. The minimum atomic E-state index is -4.90. The van der Waals surface area contributed by atoms with E-state index in [1.165, 1.54) is 6.07 Å². The number of hydrogen-bond donors (Lipinski definition) is 4. The van der Waals surface area contributed by atoms with Crippen LogP contribution >= 0.6 is 0 Å². The number of phenols is 1. The quantitative estimate of drug-likeness (QED) is 0.158. The van der Waals surface area contributed by atoms with Crippen molar-refractivity contribution in [2.45, 2.75) is 9.79 Å². The summed E-state index contributed by atoms with van der Waals surface area (Å²) >= 11 is 0. The smallest absolute Gasteiger partial charge is 0.298 e. The number of aromatic nitrogens is 2. The van der Waals surface area contributed by atoms with E-state index in [-0.39, 0.29) is 16.5 Å². The number of rotatable bonds is 6. The van der Waals surface area contributed by atoms with Crippen LogP contribution in [-0.4, -0.2) is 41.0 Å². The van der Waals surface area contributed by atoms with Gasteiger partial charge in [-0.05, 0) is 59.5 Å². The lowest BCUT2D eigenvalue weighted by Gasteiger charge is -2.09. The maximum absolute atomic E-state index is 11.8. The average Bonchev–Trinajstić information content (AvgIpc) is 3.29. The predicted octanol–water partition coefficient (Wildman–Crippen LogP) is 5.50. The topological polar surface area (TPSA) is 182 Å². The summed E-state index contributed by atoms with van der Waals surface area (Å²) in [6.45, 7) is 0. The molecule has 0 aliphatic carbocycles. The molecular formula is C25H18N4O7S2. The third kappa shape index (κ3) is 5.17. The highest BCUT2D eigenvalue weighted by Gasteiger charge is 2.23. The van der Waals surface area contributed by atoms with E-state index in [2.05, 4.69) is 20.2 Å². The number of benzene rings is 4. The van der Waals surface area contributed by atoms with Crippen molar-refractivity contribution in [3.63, 3.8) is 0 Å². The molecular weight excluding hydrogens is 532 g/mol. The molecule has 0 saturated carbocycles. The summed E-state index contributed by atoms with van der Waals surface area (Å²) in [5.41, 5.74) is 2.66. The Morgan fingerprint density at radius 3 is 2.24 bits per heavy atom. The molecule has 0 fully saturated rings. The van der Waals surface area contributed by atoms with Crippen molar-refractivity contribution >= 4 is 65.6 Å². The van der Waals surface area contributed by atoms with E-state index in [1.54, 1.807) is 24.3 Å². The third-order valence-electron chi connectivity index (χ3n) is 5.60. The number of H-pyrrole nitrogens is 1. The first-order valence-electron chi connectivity index (χ1n) is 10.9. The minimum Gasteiger partial charge on any atom is -0.504 e. The molecule has 11 nitrogen and oxygen atoms in total. The van der Waals surface area contributed by atoms with Gasteiger partial charge < -0.3 is 10.1 Å². The lowest BCUT2D eigenvalue weighted by atomic mass is 10.1. The Bertz CT molecular complexity index is 1950. The summed E-state index contributed by atoms with van der Waals surface area (Å²) in [6.07, 6.45) is 3.67. The van der Waals surface area contributed by atoms with Gasteiger partial charge in [-0.15, -0.1) is 5.11 Å². The van der Waals surface area contributed by atoms with Crippen LogP contribution in [0.25, 0.3) is 34.0 Å². The molecule has 38 heavy (non-hydrogen) atoms. The Kier molecular flexibility index (Phi) is 6.28. The van der Waals surface area contributed by atoms with Gasteiger partial charge in [-0.1, -0.05) is 36.4 Å². The Morgan fingerprint density at radius 1 is 0.816 bits per heavy atom. The van der Waals surface area contributed by atoms with Gasteiger partial charge in [-0.25, -0.2) is 4.98 Å². The molecule has 4 N–H and O–H groups in total. The third-order valence-corrected chi connectivity index (χ3v) is 7.31. The Hall–Kier alpha value is -4.43. The van der Waals surface area contributed by atoms with Crippen molar-refractivity contribution < 1.29 is 31.0 Å². The van der Waals surface area contributed by atoms with Crippen LogP contribution in [-0.2, 0) is 20.2 Å². The maximum atomic E-state index is 11.8. The second-order valence-corrected chi connectivity index (χ2v) is 11.0. The fourth-order valence-electron chi connectivity index (χ4n) is 3.77. The number of aromatic hydroxyl groups is 1. The zero-order valence-corrected chi connectivity index (χ0v) is 20.8. The van der Waals surface area contributed by atoms with E-state index in [0.29, 0.717) is 11.5 Å². The van der Waals surface area contributed by atoms with E-state index in [4.69, 9.17) is 0 Å². The first kappa shape index (κ1) is 25.2. The summed E-state index contributed by atoms with van der Waals surface area (Å²) in [7, 11) is -9.50. The highest BCUT2D eigenvalue weighted by Crippen LogP contribution is 2.42. The number of nitrogens with zero attached hydrogens (tertiary/aromatic N) is 3. The molecule has 0 saturated heterocycles. The van der Waals surface area contributed by atoms with E-state index in [1.807, 2.05) is 36.4 Å². The zero-order valence-electron chi connectivity index (χ0n) is 19.2. The highest BCUT2D eigenvalue weighted by atomic mass is 32.2. The molecule has 0 aliphatic rings. The normalized spacial score (nSPS) is 12.8. The van der Waals surface area contributed by atoms with Crippen LogP contribution in [0.15, 0.2) is 92.8 Å². The number of para-hydroxylation sites is 2. The van der Waals surface area contributed by atoms with Gasteiger partial charge in [0.25, 0.3) is 20.2 Å². The molecule has 0 atom stereocenters. The van der Waals surface area contributed by atoms with Gasteiger partial charge in [0.2, 0.25) is 0 Å². The Labute approximate surface area is 216 Å². The van der Waals surface area contributed by atoms with E-state index < -0.39 is 35.8 Å². The summed E-state index contributed by atoms with van der Waals surface area (Å²) in [6, 6.07) is 18.6. The molecule has 0 unspecified atom stereocenters. The lowest BCUT2D eigenvalue weighted by Crippen LogP contribution is -2.00. The van der Waals surface area contributed by atoms with Crippen molar-refractivity contribution in [2.75, 3.05) is 0 Å². The van der Waals surface area contributed by atoms with Gasteiger partial charge >= 0.3 is 0 Å².